The molecule has 21 heteroatoms. The number of benzene rings is 1. The van der Waals surface area contributed by atoms with Crippen LogP contribution in [0.15, 0.2) is 30.3 Å². The molecule has 0 aromatic heterocycles. The van der Waals surface area contributed by atoms with Crippen molar-refractivity contribution in [2.75, 3.05) is 13.2 Å². The van der Waals surface area contributed by atoms with E-state index in [4.69, 9.17) is 54.7 Å². The molecule has 0 bridgehead atoms. The maximum Gasteiger partial charge on any atom is 0.405 e. The lowest BCUT2D eigenvalue weighted by molar-refractivity contribution is -0.138. The van der Waals surface area contributed by atoms with Crippen molar-refractivity contribution >= 4 is 42.5 Å². The van der Waals surface area contributed by atoms with Crippen molar-refractivity contribution in [3.8, 4) is 0 Å². The number of aliphatic carboxylic acids is 1. The van der Waals surface area contributed by atoms with Crippen LogP contribution in [0.25, 0.3) is 0 Å². The highest BCUT2D eigenvalue weighted by Gasteiger charge is 2.45. The number of carboxylic acid groups (broad SMARTS) is 1. The Morgan fingerprint density at radius 2 is 0.952 bits per heavy atom. The summed E-state index contributed by atoms with van der Waals surface area (Å²) in [5.74, 6) is -0.959. The lowest BCUT2D eigenvalue weighted by Crippen LogP contribution is -2.56. The Balaban J connectivity index is 0.00000115. The van der Waals surface area contributed by atoms with Gasteiger partial charge >= 0.3 is 42.5 Å². The van der Waals surface area contributed by atoms with E-state index in [2.05, 4.69) is 18.9 Å². The zero-order valence-electron chi connectivity index (χ0n) is 21.7. The van der Waals surface area contributed by atoms with Crippen molar-refractivity contribution in [3.63, 3.8) is 0 Å². The molecule has 0 spiro atoms. The van der Waals surface area contributed by atoms with Gasteiger partial charge in [0, 0.05) is 0 Å². The molecule has 0 aliphatic rings. The van der Waals surface area contributed by atoms with E-state index in [0.717, 1.165) is 5.56 Å². The van der Waals surface area contributed by atoms with Crippen molar-refractivity contribution in [3.05, 3.63) is 35.9 Å². The lowest BCUT2D eigenvalue weighted by atomic mass is 10.0. The molecule has 0 heterocycles. The monoisotopic (exact) mass is 605 g/mol. The van der Waals surface area contributed by atoms with E-state index in [1.807, 2.05) is 30.3 Å². The highest BCUT2D eigenvalue weighted by molar-refractivity contribution is 5.73. The van der Waals surface area contributed by atoms with Crippen LogP contribution in [0.2, 0.25) is 0 Å². The molecule has 0 aliphatic heterocycles. The van der Waals surface area contributed by atoms with E-state index in [0.29, 0.717) is 6.42 Å². The van der Waals surface area contributed by atoms with Crippen LogP contribution >= 0.6 is 0 Å². The molecule has 0 saturated heterocycles. The first-order valence-electron chi connectivity index (χ1n) is 11.2. The van der Waals surface area contributed by atoms with Crippen LogP contribution in [0.4, 0.5) is 28.8 Å². The second-order valence-electron chi connectivity index (χ2n) is 7.65. The van der Waals surface area contributed by atoms with Gasteiger partial charge in [-0.15, -0.1) is 0 Å². The molecule has 5 atom stereocenters. The first-order valence-corrected chi connectivity index (χ1v) is 11.2. The molecular weight excluding hydrogens is 574 g/mol. The number of carboxylic acids is 1. The molecule has 0 saturated carbocycles. The molecular formula is C21H31N7O14. The summed E-state index contributed by atoms with van der Waals surface area (Å²) in [5.41, 5.74) is 35.6. The fourth-order valence-electron chi connectivity index (χ4n) is 2.95. The standard InChI is InChI=1S/C12H20N6O12.C9H11NO2/c13-7(19)25-1-3(27-9(15)21)5(29-11(17)23)6(30-12(18)24)4(28-10(16)22)2-26-8(14)20;10-8(9(11)12)6-7-4-2-1-3-5-7/h3-6H,1-2H2,(H2,13,19)(H2,14,20)(H2,15,21)(H2,16,22)(H2,17,23)(H2,18,24);1-5,8H,6,10H2,(H,11,12). The highest BCUT2D eigenvalue weighted by atomic mass is 16.7. The van der Waals surface area contributed by atoms with Gasteiger partial charge < -0.3 is 73.7 Å². The summed E-state index contributed by atoms with van der Waals surface area (Å²) >= 11 is 0. The van der Waals surface area contributed by atoms with Crippen LogP contribution in [0, 0.1) is 0 Å². The Kier molecular flexibility index (Phi) is 16.0. The van der Waals surface area contributed by atoms with Crippen molar-refractivity contribution in [1.82, 2.24) is 0 Å². The largest absolute Gasteiger partial charge is 0.480 e. The quantitative estimate of drug-likeness (QED) is 0.103. The Labute approximate surface area is 236 Å². The molecule has 0 aliphatic carbocycles. The van der Waals surface area contributed by atoms with Gasteiger partial charge in [-0.2, -0.15) is 0 Å². The smallest absolute Gasteiger partial charge is 0.405 e. The van der Waals surface area contributed by atoms with E-state index in [1.165, 1.54) is 0 Å². The van der Waals surface area contributed by atoms with Crippen LogP contribution in [0.1, 0.15) is 5.56 Å². The SMILES string of the molecule is NC(=O)OCC(OC(N)=O)C(OC(N)=O)C(OC(N)=O)C(COC(N)=O)OC(N)=O.NC(Cc1ccccc1)C(=O)O. The van der Waals surface area contributed by atoms with Gasteiger partial charge in [0.2, 0.25) is 0 Å². The van der Waals surface area contributed by atoms with Crippen LogP contribution in [0.3, 0.4) is 0 Å². The minimum atomic E-state index is -2.01. The Morgan fingerprint density at radius 3 is 1.24 bits per heavy atom. The summed E-state index contributed by atoms with van der Waals surface area (Å²) in [4.78, 5) is 77.1. The van der Waals surface area contributed by atoms with E-state index in [1.54, 1.807) is 0 Å². The summed E-state index contributed by atoms with van der Waals surface area (Å²) in [6, 6.07) is 8.54. The number of rotatable bonds is 14. The summed E-state index contributed by atoms with van der Waals surface area (Å²) < 4.78 is 27.6. The zero-order chi connectivity index (χ0) is 32.4. The Hall–Kier alpha value is -5.73. The third-order valence-electron chi connectivity index (χ3n) is 4.49. The van der Waals surface area contributed by atoms with Gasteiger partial charge in [-0.1, -0.05) is 30.3 Å². The topological polar surface area (TPSA) is 377 Å². The van der Waals surface area contributed by atoms with Crippen LogP contribution in [0.5, 0.6) is 0 Å². The number of hydrogen-bond acceptors (Lipinski definition) is 14. The normalized spacial score (nSPS) is 13.5. The highest BCUT2D eigenvalue weighted by Crippen LogP contribution is 2.20. The number of ether oxygens (including phenoxy) is 6. The average molecular weight is 606 g/mol. The number of nitrogens with two attached hydrogens (primary N) is 7. The molecule has 6 amide bonds. The molecule has 15 N–H and O–H groups in total. The van der Waals surface area contributed by atoms with E-state index < -0.39 is 86.2 Å². The van der Waals surface area contributed by atoms with Gasteiger partial charge in [-0.05, 0) is 12.0 Å². The number of primary amides is 6. The molecule has 1 rings (SSSR count). The third kappa shape index (κ3) is 16.3. The molecule has 5 unspecified atom stereocenters. The van der Waals surface area contributed by atoms with Gasteiger partial charge in [0.15, 0.2) is 24.4 Å². The minimum Gasteiger partial charge on any atom is -0.480 e. The maximum atomic E-state index is 11.3. The predicted octanol–water partition coefficient (Wildman–Crippen LogP) is -2.33. The van der Waals surface area contributed by atoms with Crippen molar-refractivity contribution < 1.29 is 67.1 Å². The molecule has 42 heavy (non-hydrogen) atoms. The summed E-state index contributed by atoms with van der Waals surface area (Å²) in [5, 5.41) is 8.52. The summed E-state index contributed by atoms with van der Waals surface area (Å²) in [7, 11) is 0. The maximum absolute atomic E-state index is 11.3. The van der Waals surface area contributed by atoms with Crippen LogP contribution < -0.4 is 40.1 Å². The first kappa shape index (κ1) is 36.3. The summed E-state index contributed by atoms with van der Waals surface area (Å²) in [6.45, 7) is -1.84. The molecule has 1 aromatic rings. The number of carbonyl (C=O) groups is 7. The van der Waals surface area contributed by atoms with E-state index in [-0.39, 0.29) is 0 Å². The molecule has 21 nitrogen and oxygen atoms in total. The lowest BCUT2D eigenvalue weighted by Gasteiger charge is -2.34. The van der Waals surface area contributed by atoms with E-state index in [9.17, 15) is 33.6 Å². The fraction of sp³-hybridized carbons (Fsp3) is 0.381. The van der Waals surface area contributed by atoms with Gasteiger partial charge in [0.25, 0.3) is 0 Å². The first-order chi connectivity index (χ1) is 19.5. The molecule has 0 radical (unpaired) electrons. The average Bonchev–Trinajstić information content (AvgIpc) is 2.86. The Bertz CT molecular complexity index is 1030. The molecule has 1 aromatic carbocycles. The molecule has 234 valence electrons. The minimum absolute atomic E-state index is 0.385. The van der Waals surface area contributed by atoms with Gasteiger partial charge in [0.05, 0.1) is 0 Å². The van der Waals surface area contributed by atoms with Gasteiger partial charge in [-0.25, -0.2) is 28.8 Å². The third-order valence-corrected chi connectivity index (χ3v) is 4.49. The summed E-state index contributed by atoms with van der Waals surface area (Å²) in [6.07, 6.45) is -16.1. The molecule has 0 fully saturated rings. The Morgan fingerprint density at radius 1 is 0.595 bits per heavy atom. The van der Waals surface area contributed by atoms with Crippen LogP contribution in [-0.4, -0.2) is 91.3 Å². The van der Waals surface area contributed by atoms with Gasteiger partial charge in [0.1, 0.15) is 19.3 Å². The zero-order valence-corrected chi connectivity index (χ0v) is 21.7. The van der Waals surface area contributed by atoms with Crippen LogP contribution in [-0.2, 0) is 39.6 Å². The predicted molar refractivity (Wildman–Crippen MR) is 135 cm³/mol. The van der Waals surface area contributed by atoms with Crippen molar-refractivity contribution in [1.29, 1.82) is 0 Å². The van der Waals surface area contributed by atoms with Crippen molar-refractivity contribution in [2.45, 2.75) is 36.9 Å². The van der Waals surface area contributed by atoms with E-state index >= 15 is 0 Å². The number of hydrogen-bond donors (Lipinski definition) is 8. The number of carbonyl (C=O) groups excluding carboxylic acids is 6. The van der Waals surface area contributed by atoms with Crippen molar-refractivity contribution in [2.24, 2.45) is 40.1 Å². The second kappa shape index (κ2) is 18.5. The fourth-order valence-corrected chi connectivity index (χ4v) is 2.95. The van der Waals surface area contributed by atoms with Gasteiger partial charge in [-0.3, -0.25) is 4.79 Å². The second-order valence-corrected chi connectivity index (χ2v) is 7.65. The number of amides is 6.